The van der Waals surface area contributed by atoms with Crippen LogP contribution in [0.4, 0.5) is 5.69 Å². The van der Waals surface area contributed by atoms with E-state index in [9.17, 15) is 18.0 Å². The summed E-state index contributed by atoms with van der Waals surface area (Å²) in [5.74, 6) is -0.913. The topological polar surface area (TPSA) is 86.8 Å². The van der Waals surface area contributed by atoms with Gasteiger partial charge >= 0.3 is 0 Å². The molecular weight excluding hydrogens is 593 g/mol. The molecule has 0 aliphatic rings. The van der Waals surface area contributed by atoms with Gasteiger partial charge in [-0.05, 0) is 48.4 Å². The Morgan fingerprint density at radius 3 is 1.95 bits per heavy atom. The van der Waals surface area contributed by atoms with E-state index >= 15 is 0 Å². The number of nitrogens with one attached hydrogen (secondary N) is 1. The highest BCUT2D eigenvalue weighted by molar-refractivity contribution is 7.92. The second kappa shape index (κ2) is 14.4. The van der Waals surface area contributed by atoms with Crippen LogP contribution >= 0.6 is 23.2 Å². The van der Waals surface area contributed by atoms with Crippen molar-refractivity contribution in [3.8, 4) is 0 Å². The molecule has 7 nitrogen and oxygen atoms in total. The Bertz CT molecular complexity index is 1610. The van der Waals surface area contributed by atoms with Gasteiger partial charge in [0.15, 0.2) is 0 Å². The number of carbonyl (C=O) groups excluding carboxylic acids is 2. The molecular formula is C32H31Cl2N3O4S. The smallest absolute Gasteiger partial charge is 0.264 e. The van der Waals surface area contributed by atoms with Crippen LogP contribution in [0.15, 0.2) is 114 Å². The van der Waals surface area contributed by atoms with Crippen LogP contribution in [-0.2, 0) is 32.6 Å². The van der Waals surface area contributed by atoms with Crippen LogP contribution in [0, 0.1) is 0 Å². The Balaban J connectivity index is 1.80. The van der Waals surface area contributed by atoms with E-state index in [-0.39, 0.29) is 34.5 Å². The number of hydrogen-bond donors (Lipinski definition) is 1. The molecule has 0 radical (unpaired) electrons. The Morgan fingerprint density at radius 1 is 0.810 bits per heavy atom. The number of rotatable bonds is 12. The van der Waals surface area contributed by atoms with Crippen LogP contribution in [0.25, 0.3) is 0 Å². The largest absolute Gasteiger partial charge is 0.355 e. The molecule has 10 heteroatoms. The van der Waals surface area contributed by atoms with Gasteiger partial charge in [-0.1, -0.05) is 102 Å². The van der Waals surface area contributed by atoms with Crippen molar-refractivity contribution in [3.05, 3.63) is 130 Å². The average molecular weight is 625 g/mol. The van der Waals surface area contributed by atoms with Gasteiger partial charge in [0.1, 0.15) is 12.6 Å². The molecule has 0 saturated carbocycles. The second-order valence-corrected chi connectivity index (χ2v) is 12.2. The summed E-state index contributed by atoms with van der Waals surface area (Å²) in [5.41, 5.74) is 1.74. The molecule has 218 valence electrons. The number of carbonyl (C=O) groups is 2. The van der Waals surface area contributed by atoms with Crippen LogP contribution in [-0.4, -0.2) is 44.3 Å². The highest BCUT2D eigenvalue weighted by Crippen LogP contribution is 2.33. The average Bonchev–Trinajstić information content (AvgIpc) is 2.99. The number of nitrogens with zero attached hydrogens (tertiary/aromatic N) is 2. The number of benzene rings is 4. The molecule has 4 aromatic carbocycles. The fourth-order valence-electron chi connectivity index (χ4n) is 4.54. The molecule has 0 bridgehead atoms. The fraction of sp³-hybridized carbons (Fsp3) is 0.188. The summed E-state index contributed by atoms with van der Waals surface area (Å²) < 4.78 is 28.9. The van der Waals surface area contributed by atoms with Crippen molar-refractivity contribution in [2.24, 2.45) is 0 Å². The van der Waals surface area contributed by atoms with E-state index < -0.39 is 28.5 Å². The molecule has 42 heavy (non-hydrogen) atoms. The maximum Gasteiger partial charge on any atom is 0.264 e. The zero-order valence-corrected chi connectivity index (χ0v) is 25.3. The first-order chi connectivity index (χ1) is 20.2. The van der Waals surface area contributed by atoms with Crippen LogP contribution in [0.1, 0.15) is 18.1 Å². The summed E-state index contributed by atoms with van der Waals surface area (Å²) in [6, 6.07) is 29.9. The molecule has 0 aliphatic heterocycles. The summed E-state index contributed by atoms with van der Waals surface area (Å²) in [7, 11) is -4.25. The third kappa shape index (κ3) is 7.70. The zero-order chi connectivity index (χ0) is 30.1. The molecule has 1 atom stereocenters. The predicted molar refractivity (Wildman–Crippen MR) is 167 cm³/mol. The van der Waals surface area contributed by atoms with Crippen molar-refractivity contribution in [1.82, 2.24) is 10.2 Å². The van der Waals surface area contributed by atoms with E-state index in [1.807, 2.05) is 60.7 Å². The van der Waals surface area contributed by atoms with Crippen molar-refractivity contribution in [2.45, 2.75) is 30.8 Å². The third-order valence-corrected chi connectivity index (χ3v) is 8.92. The molecule has 0 saturated heterocycles. The maximum atomic E-state index is 14.3. The molecule has 0 heterocycles. The first-order valence-electron chi connectivity index (χ1n) is 13.4. The summed E-state index contributed by atoms with van der Waals surface area (Å²) in [4.78, 5) is 29.2. The van der Waals surface area contributed by atoms with E-state index in [1.165, 1.54) is 35.2 Å². The van der Waals surface area contributed by atoms with Gasteiger partial charge in [-0.3, -0.25) is 13.9 Å². The van der Waals surface area contributed by atoms with Gasteiger partial charge < -0.3 is 10.2 Å². The van der Waals surface area contributed by atoms with Gasteiger partial charge in [-0.25, -0.2) is 8.42 Å². The van der Waals surface area contributed by atoms with Gasteiger partial charge in [0.2, 0.25) is 11.8 Å². The minimum Gasteiger partial charge on any atom is -0.355 e. The normalized spacial score (nSPS) is 11.9. The second-order valence-electron chi connectivity index (χ2n) is 9.53. The Labute approximate surface area is 256 Å². The van der Waals surface area contributed by atoms with Gasteiger partial charge in [0, 0.05) is 24.5 Å². The molecule has 4 rings (SSSR count). The van der Waals surface area contributed by atoms with E-state index in [1.54, 1.807) is 25.1 Å². The fourth-order valence-corrected chi connectivity index (χ4v) is 6.56. The molecule has 0 aromatic heterocycles. The standard InChI is InChI=1S/C32H31Cl2N3O4S/c1-2-35-32(39)30(20-24-12-6-3-7-13-24)36(22-25-14-8-4-9-15-25)31(38)23-37(29-19-18-26(33)21-28(29)34)42(40,41)27-16-10-5-11-17-27/h3-19,21,30H,2,20,22-23H2,1H3,(H,35,39)/t30-/m0/s1. The van der Waals surface area contributed by atoms with Crippen LogP contribution in [0.3, 0.4) is 0 Å². The van der Waals surface area contributed by atoms with Crippen molar-refractivity contribution in [2.75, 3.05) is 17.4 Å². The zero-order valence-electron chi connectivity index (χ0n) is 23.0. The van der Waals surface area contributed by atoms with E-state index in [0.717, 1.165) is 15.4 Å². The van der Waals surface area contributed by atoms with Gasteiger partial charge in [-0.15, -0.1) is 0 Å². The lowest BCUT2D eigenvalue weighted by Crippen LogP contribution is -2.53. The van der Waals surface area contributed by atoms with Gasteiger partial charge in [-0.2, -0.15) is 0 Å². The number of amides is 2. The highest BCUT2D eigenvalue weighted by atomic mass is 35.5. The first-order valence-corrected chi connectivity index (χ1v) is 15.6. The number of anilines is 1. The van der Waals surface area contributed by atoms with Crippen LogP contribution in [0.2, 0.25) is 10.0 Å². The minimum atomic E-state index is -4.25. The molecule has 1 N–H and O–H groups in total. The Hall–Kier alpha value is -3.85. The molecule has 0 aliphatic carbocycles. The van der Waals surface area contributed by atoms with Crippen molar-refractivity contribution in [3.63, 3.8) is 0 Å². The molecule has 4 aromatic rings. The van der Waals surface area contributed by atoms with E-state index in [4.69, 9.17) is 23.2 Å². The van der Waals surface area contributed by atoms with Gasteiger partial charge in [0.25, 0.3) is 10.0 Å². The quantitative estimate of drug-likeness (QED) is 0.211. The lowest BCUT2D eigenvalue weighted by atomic mass is 10.0. The summed E-state index contributed by atoms with van der Waals surface area (Å²) in [5, 5.41) is 3.22. The van der Waals surface area contributed by atoms with Crippen molar-refractivity contribution >= 4 is 50.7 Å². The van der Waals surface area contributed by atoms with E-state index in [0.29, 0.717) is 11.6 Å². The Kier molecular flexibility index (Phi) is 10.6. The maximum absolute atomic E-state index is 14.3. The highest BCUT2D eigenvalue weighted by Gasteiger charge is 2.35. The number of hydrogen-bond acceptors (Lipinski definition) is 4. The van der Waals surface area contributed by atoms with Crippen molar-refractivity contribution in [1.29, 1.82) is 0 Å². The van der Waals surface area contributed by atoms with Crippen LogP contribution in [0.5, 0.6) is 0 Å². The number of sulfonamides is 1. The summed E-state index contributed by atoms with van der Waals surface area (Å²) in [6.45, 7) is 1.65. The SMILES string of the molecule is CCNC(=O)[C@H](Cc1ccccc1)N(Cc1ccccc1)C(=O)CN(c1ccc(Cl)cc1Cl)S(=O)(=O)c1ccccc1. The van der Waals surface area contributed by atoms with E-state index in [2.05, 4.69) is 5.32 Å². The van der Waals surface area contributed by atoms with Crippen molar-refractivity contribution < 1.29 is 18.0 Å². The summed E-state index contributed by atoms with van der Waals surface area (Å²) >= 11 is 12.6. The number of halogens is 2. The predicted octanol–water partition coefficient (Wildman–Crippen LogP) is 5.96. The van der Waals surface area contributed by atoms with Crippen LogP contribution < -0.4 is 9.62 Å². The lowest BCUT2D eigenvalue weighted by molar-refractivity contribution is -0.140. The molecule has 0 spiro atoms. The van der Waals surface area contributed by atoms with Gasteiger partial charge in [0.05, 0.1) is 15.6 Å². The summed E-state index contributed by atoms with van der Waals surface area (Å²) in [6.07, 6.45) is 0.235. The third-order valence-electron chi connectivity index (χ3n) is 6.61. The first kappa shape index (κ1) is 31.1. The Morgan fingerprint density at radius 2 is 1.38 bits per heavy atom. The lowest BCUT2D eigenvalue weighted by Gasteiger charge is -2.34. The molecule has 0 unspecified atom stereocenters. The monoisotopic (exact) mass is 623 g/mol. The minimum absolute atomic E-state index is 0.0111. The number of likely N-dealkylation sites (N-methyl/N-ethyl adjacent to an activating group) is 1. The molecule has 0 fully saturated rings. The molecule has 2 amide bonds.